The minimum absolute atomic E-state index is 0.154. The summed E-state index contributed by atoms with van der Waals surface area (Å²) >= 11 is 0. The second-order valence-electron chi connectivity index (χ2n) is 4.43. The number of aliphatic hydroxyl groups excluding tert-OH is 2. The Kier molecular flexibility index (Phi) is 3.39. The number of carbonyl (C=O) groups is 1. The number of sulfonamides is 1. The molecule has 0 saturated carbocycles. The van der Waals surface area contributed by atoms with Crippen LogP contribution in [0.5, 0.6) is 0 Å². The van der Waals surface area contributed by atoms with Crippen molar-refractivity contribution in [1.29, 1.82) is 0 Å². The number of aromatic nitrogens is 1. The second-order valence-corrected chi connectivity index (χ2v) is 6.37. The van der Waals surface area contributed by atoms with Gasteiger partial charge in [-0.25, -0.2) is 13.2 Å². The Hall–Kier alpha value is -1.42. The molecule has 9 heteroatoms. The van der Waals surface area contributed by atoms with E-state index in [0.29, 0.717) is 0 Å². The average Bonchev–Trinajstić information content (AvgIpc) is 2.84. The Bertz CT molecular complexity index is 598. The number of aliphatic hydroxyl groups is 2. The van der Waals surface area contributed by atoms with Crippen molar-refractivity contribution in [3.63, 3.8) is 0 Å². The largest absolute Gasteiger partial charge is 0.477 e. The number of nitrogens with zero attached hydrogens (tertiary/aromatic N) is 2. The van der Waals surface area contributed by atoms with Gasteiger partial charge in [0.05, 0.1) is 12.2 Å². The maximum atomic E-state index is 12.2. The zero-order chi connectivity index (χ0) is 14.4. The quantitative estimate of drug-likeness (QED) is 0.620. The molecule has 1 aromatic heterocycles. The molecule has 1 saturated heterocycles. The zero-order valence-corrected chi connectivity index (χ0v) is 10.9. The van der Waals surface area contributed by atoms with E-state index in [2.05, 4.69) is 0 Å². The topological polar surface area (TPSA) is 120 Å². The minimum atomic E-state index is -3.91. The van der Waals surface area contributed by atoms with Crippen molar-refractivity contribution in [3.8, 4) is 0 Å². The second kappa shape index (κ2) is 4.60. The lowest BCUT2D eigenvalue weighted by atomic mass is 10.3. The first-order valence-electron chi connectivity index (χ1n) is 5.49. The summed E-state index contributed by atoms with van der Waals surface area (Å²) in [6, 6.07) is 1.05. The predicted molar refractivity (Wildman–Crippen MR) is 63.1 cm³/mol. The number of rotatable bonds is 3. The monoisotopic (exact) mass is 290 g/mol. The number of carboxylic acid groups (broad SMARTS) is 1. The lowest BCUT2D eigenvalue weighted by Gasteiger charge is -2.13. The van der Waals surface area contributed by atoms with E-state index in [0.717, 1.165) is 10.4 Å². The van der Waals surface area contributed by atoms with Gasteiger partial charge in [0.1, 0.15) is 10.6 Å². The van der Waals surface area contributed by atoms with Gasteiger partial charge in [-0.05, 0) is 6.07 Å². The third kappa shape index (κ3) is 2.37. The van der Waals surface area contributed by atoms with Gasteiger partial charge in [0.25, 0.3) is 0 Å². The molecule has 1 aliphatic heterocycles. The number of aryl methyl sites for hydroxylation is 1. The maximum Gasteiger partial charge on any atom is 0.352 e. The third-order valence-electron chi connectivity index (χ3n) is 3.06. The standard InChI is InChI=1S/C10H14N2O6S/c1-11-3-6(2-7(11)10(15)16)19(17,18)12-4-8(13)9(14)5-12/h2-3,8-9,13-14H,4-5H2,1H3,(H,15,16)/t8-,9+. The highest BCUT2D eigenvalue weighted by Crippen LogP contribution is 2.23. The minimum Gasteiger partial charge on any atom is -0.477 e. The molecule has 0 radical (unpaired) electrons. The van der Waals surface area contributed by atoms with Gasteiger partial charge in [0.15, 0.2) is 0 Å². The molecular weight excluding hydrogens is 276 g/mol. The summed E-state index contributed by atoms with van der Waals surface area (Å²) in [5, 5.41) is 27.6. The van der Waals surface area contributed by atoms with E-state index in [1.54, 1.807) is 0 Å². The van der Waals surface area contributed by atoms with E-state index in [1.807, 2.05) is 0 Å². The molecule has 1 aromatic rings. The van der Waals surface area contributed by atoms with Crippen LogP contribution in [0, 0.1) is 0 Å². The first kappa shape index (κ1) is 14.0. The molecule has 0 aromatic carbocycles. The molecule has 1 aliphatic rings. The highest BCUT2D eigenvalue weighted by atomic mass is 32.2. The van der Waals surface area contributed by atoms with E-state index in [4.69, 9.17) is 5.11 Å². The van der Waals surface area contributed by atoms with Crippen LogP contribution >= 0.6 is 0 Å². The van der Waals surface area contributed by atoms with Gasteiger partial charge in [-0.3, -0.25) is 0 Å². The first-order valence-corrected chi connectivity index (χ1v) is 6.93. The fourth-order valence-corrected chi connectivity index (χ4v) is 3.52. The number of carboxylic acids is 1. The lowest BCUT2D eigenvalue weighted by molar-refractivity contribution is 0.0572. The number of β-amino-alcohol motifs (C(OH)–C–C–N with tert-alkyl or cyclic N) is 2. The van der Waals surface area contributed by atoms with E-state index < -0.39 is 28.2 Å². The molecule has 0 bridgehead atoms. The van der Waals surface area contributed by atoms with E-state index >= 15 is 0 Å². The van der Waals surface area contributed by atoms with Gasteiger partial charge in [-0.2, -0.15) is 4.31 Å². The summed E-state index contributed by atoms with van der Waals surface area (Å²) in [4.78, 5) is 10.7. The predicted octanol–water partition coefficient (Wildman–Crippen LogP) is -1.55. The summed E-state index contributed by atoms with van der Waals surface area (Å²) < 4.78 is 26.5. The molecule has 2 rings (SSSR count). The summed E-state index contributed by atoms with van der Waals surface area (Å²) in [5.74, 6) is -1.23. The molecular formula is C10H14N2O6S. The van der Waals surface area contributed by atoms with Crippen molar-refractivity contribution in [2.75, 3.05) is 13.1 Å². The first-order chi connectivity index (χ1) is 8.73. The molecule has 0 amide bonds. The van der Waals surface area contributed by atoms with Crippen LogP contribution in [0.3, 0.4) is 0 Å². The van der Waals surface area contributed by atoms with Crippen LogP contribution < -0.4 is 0 Å². The Balaban J connectivity index is 2.35. The van der Waals surface area contributed by atoms with Crippen LogP contribution in [0.1, 0.15) is 10.5 Å². The molecule has 0 aliphatic carbocycles. The lowest BCUT2D eigenvalue weighted by Crippen LogP contribution is -2.29. The summed E-state index contributed by atoms with van der Waals surface area (Å²) in [5.41, 5.74) is -0.154. The van der Waals surface area contributed by atoms with Gasteiger partial charge in [0, 0.05) is 26.3 Å². The van der Waals surface area contributed by atoms with Crippen molar-refractivity contribution in [1.82, 2.24) is 8.87 Å². The van der Waals surface area contributed by atoms with E-state index in [9.17, 15) is 23.4 Å². The Morgan fingerprint density at radius 2 is 1.84 bits per heavy atom. The average molecular weight is 290 g/mol. The number of hydrogen-bond donors (Lipinski definition) is 3. The van der Waals surface area contributed by atoms with E-state index in [1.165, 1.54) is 17.8 Å². The summed E-state index contributed by atoms with van der Waals surface area (Å²) in [7, 11) is -2.48. The van der Waals surface area contributed by atoms with Crippen LogP contribution in [-0.2, 0) is 17.1 Å². The van der Waals surface area contributed by atoms with Gasteiger partial charge >= 0.3 is 5.97 Å². The molecule has 0 unspecified atom stereocenters. The Morgan fingerprint density at radius 1 is 1.32 bits per heavy atom. The number of aromatic carboxylic acids is 1. The molecule has 19 heavy (non-hydrogen) atoms. The fraction of sp³-hybridized carbons (Fsp3) is 0.500. The van der Waals surface area contributed by atoms with Crippen LogP contribution in [0.4, 0.5) is 0 Å². The summed E-state index contributed by atoms with van der Waals surface area (Å²) in [6.07, 6.45) is -1.06. The molecule has 106 valence electrons. The Morgan fingerprint density at radius 3 is 2.26 bits per heavy atom. The Labute approximate surface area is 109 Å². The molecule has 1 fully saturated rings. The molecule has 2 atom stereocenters. The molecule has 0 spiro atoms. The number of hydrogen-bond acceptors (Lipinski definition) is 5. The van der Waals surface area contributed by atoms with Gasteiger partial charge in [-0.1, -0.05) is 0 Å². The zero-order valence-electron chi connectivity index (χ0n) is 10.1. The maximum absolute atomic E-state index is 12.2. The van der Waals surface area contributed by atoms with Crippen LogP contribution in [0.2, 0.25) is 0 Å². The SMILES string of the molecule is Cn1cc(S(=O)(=O)N2C[C@@H](O)[C@@H](O)C2)cc1C(=O)O. The molecule has 2 heterocycles. The van der Waals surface area contributed by atoms with Crippen LogP contribution in [-0.4, -0.2) is 63.9 Å². The third-order valence-corrected chi connectivity index (χ3v) is 4.86. The smallest absolute Gasteiger partial charge is 0.352 e. The van der Waals surface area contributed by atoms with Crippen molar-refractivity contribution in [3.05, 3.63) is 18.0 Å². The van der Waals surface area contributed by atoms with Crippen molar-refractivity contribution in [2.45, 2.75) is 17.1 Å². The van der Waals surface area contributed by atoms with Gasteiger partial charge in [-0.15, -0.1) is 0 Å². The van der Waals surface area contributed by atoms with Gasteiger partial charge < -0.3 is 19.9 Å². The normalized spacial score (nSPS) is 24.8. The van der Waals surface area contributed by atoms with Crippen molar-refractivity contribution >= 4 is 16.0 Å². The van der Waals surface area contributed by atoms with Gasteiger partial charge in [0.2, 0.25) is 10.0 Å². The molecule has 8 nitrogen and oxygen atoms in total. The summed E-state index contributed by atoms with van der Waals surface area (Å²) in [6.45, 7) is -0.415. The van der Waals surface area contributed by atoms with E-state index in [-0.39, 0.29) is 23.7 Å². The van der Waals surface area contributed by atoms with Crippen LogP contribution in [0.25, 0.3) is 0 Å². The highest BCUT2D eigenvalue weighted by Gasteiger charge is 2.38. The van der Waals surface area contributed by atoms with Crippen molar-refractivity contribution < 1.29 is 28.5 Å². The van der Waals surface area contributed by atoms with Crippen LogP contribution in [0.15, 0.2) is 17.2 Å². The van der Waals surface area contributed by atoms with Crippen molar-refractivity contribution in [2.24, 2.45) is 7.05 Å². The fourth-order valence-electron chi connectivity index (χ4n) is 1.97. The highest BCUT2D eigenvalue weighted by molar-refractivity contribution is 7.89. The molecule has 3 N–H and O–H groups in total.